The van der Waals surface area contributed by atoms with Gasteiger partial charge in [0.25, 0.3) is 0 Å². The van der Waals surface area contributed by atoms with Gasteiger partial charge in [-0.1, -0.05) is 36.0 Å². The van der Waals surface area contributed by atoms with Crippen LogP contribution in [0.25, 0.3) is 0 Å². The van der Waals surface area contributed by atoms with Crippen molar-refractivity contribution >= 4 is 0 Å². The largest absolute Gasteiger partial charge is 0.393 e. The number of nitrogens with zero attached hydrogens (tertiary/aromatic N) is 1. The number of piperidine rings is 1. The van der Waals surface area contributed by atoms with Crippen molar-refractivity contribution in [1.29, 1.82) is 0 Å². The molecule has 0 spiro atoms. The Hall–Kier alpha value is -0.860. The Morgan fingerprint density at radius 3 is 2.81 bits per heavy atom. The monoisotopic (exact) mass is 219 g/mol. The van der Waals surface area contributed by atoms with Crippen molar-refractivity contribution in [2.45, 2.75) is 25.9 Å². The molecule has 1 saturated heterocycles. The number of allylic oxidation sites excluding steroid dienone is 4. The van der Waals surface area contributed by atoms with Crippen LogP contribution in [-0.2, 0) is 0 Å². The van der Waals surface area contributed by atoms with Crippen LogP contribution in [0.4, 0.5) is 0 Å². The molecular weight excluding hydrogens is 198 g/mol. The van der Waals surface area contributed by atoms with E-state index in [1.54, 1.807) is 0 Å². The first-order chi connectivity index (χ1) is 7.74. The van der Waals surface area contributed by atoms with Gasteiger partial charge in [-0.05, 0) is 19.8 Å². The SMILES string of the molecule is CC1=CC(CN2CCC(O)CC2)C=CC=C1. The molecule has 0 aromatic heterocycles. The normalized spacial score (nSPS) is 27.9. The van der Waals surface area contributed by atoms with Gasteiger partial charge in [0.15, 0.2) is 0 Å². The van der Waals surface area contributed by atoms with Crippen molar-refractivity contribution in [2.24, 2.45) is 5.92 Å². The van der Waals surface area contributed by atoms with Crippen molar-refractivity contribution in [3.8, 4) is 0 Å². The van der Waals surface area contributed by atoms with Crippen molar-refractivity contribution in [1.82, 2.24) is 4.90 Å². The van der Waals surface area contributed by atoms with Gasteiger partial charge in [0.2, 0.25) is 0 Å². The van der Waals surface area contributed by atoms with Gasteiger partial charge >= 0.3 is 0 Å². The standard InChI is InChI=1S/C14H21NO/c1-12-4-2-3-5-13(10-12)11-15-8-6-14(16)7-9-15/h2-5,10,13-14,16H,6-9,11H2,1H3. The highest BCUT2D eigenvalue weighted by molar-refractivity contribution is 5.26. The second-order valence-corrected chi connectivity index (χ2v) is 4.85. The Bertz CT molecular complexity index is 309. The summed E-state index contributed by atoms with van der Waals surface area (Å²) in [7, 11) is 0. The molecule has 0 aromatic carbocycles. The minimum Gasteiger partial charge on any atom is -0.393 e. The summed E-state index contributed by atoms with van der Waals surface area (Å²) in [5.74, 6) is 0.519. The van der Waals surface area contributed by atoms with Crippen LogP contribution in [0.3, 0.4) is 0 Å². The summed E-state index contributed by atoms with van der Waals surface area (Å²) < 4.78 is 0. The first-order valence-electron chi connectivity index (χ1n) is 6.18. The third-order valence-electron chi connectivity index (χ3n) is 3.33. The third kappa shape index (κ3) is 3.32. The van der Waals surface area contributed by atoms with Crippen LogP contribution in [0.5, 0.6) is 0 Å². The van der Waals surface area contributed by atoms with E-state index in [0.29, 0.717) is 5.92 Å². The van der Waals surface area contributed by atoms with Crippen molar-refractivity contribution in [3.63, 3.8) is 0 Å². The number of aliphatic hydroxyl groups excluding tert-OH is 1. The van der Waals surface area contributed by atoms with E-state index in [2.05, 4.69) is 42.2 Å². The highest BCUT2D eigenvalue weighted by Crippen LogP contribution is 2.16. The van der Waals surface area contributed by atoms with Crippen LogP contribution in [-0.4, -0.2) is 35.7 Å². The molecule has 1 aliphatic carbocycles. The molecule has 88 valence electrons. The van der Waals surface area contributed by atoms with E-state index < -0.39 is 0 Å². The average Bonchev–Trinajstić information content (AvgIpc) is 2.46. The van der Waals surface area contributed by atoms with Crippen molar-refractivity contribution in [3.05, 3.63) is 36.0 Å². The van der Waals surface area contributed by atoms with Crippen LogP contribution >= 0.6 is 0 Å². The molecule has 1 aliphatic heterocycles. The van der Waals surface area contributed by atoms with Crippen LogP contribution in [0, 0.1) is 5.92 Å². The number of hydrogen-bond acceptors (Lipinski definition) is 2. The zero-order valence-electron chi connectivity index (χ0n) is 9.97. The molecule has 2 rings (SSSR count). The molecule has 2 nitrogen and oxygen atoms in total. The van der Waals surface area contributed by atoms with Gasteiger partial charge in [-0.25, -0.2) is 0 Å². The molecule has 1 heterocycles. The molecule has 1 atom stereocenters. The summed E-state index contributed by atoms with van der Waals surface area (Å²) in [4.78, 5) is 2.46. The van der Waals surface area contributed by atoms with Gasteiger partial charge in [-0.15, -0.1) is 0 Å². The van der Waals surface area contributed by atoms with Crippen LogP contribution in [0.1, 0.15) is 19.8 Å². The number of hydrogen-bond donors (Lipinski definition) is 1. The summed E-state index contributed by atoms with van der Waals surface area (Å²) in [5.41, 5.74) is 1.34. The van der Waals surface area contributed by atoms with Gasteiger partial charge in [0, 0.05) is 25.6 Å². The molecule has 1 fully saturated rings. The maximum Gasteiger partial charge on any atom is 0.0564 e. The molecule has 0 amide bonds. The van der Waals surface area contributed by atoms with E-state index in [1.807, 2.05) is 0 Å². The molecule has 16 heavy (non-hydrogen) atoms. The summed E-state index contributed by atoms with van der Waals surface area (Å²) >= 11 is 0. The van der Waals surface area contributed by atoms with E-state index in [1.165, 1.54) is 5.57 Å². The fourth-order valence-corrected chi connectivity index (χ4v) is 2.38. The maximum absolute atomic E-state index is 9.46. The van der Waals surface area contributed by atoms with Crippen molar-refractivity contribution < 1.29 is 5.11 Å². The van der Waals surface area contributed by atoms with Crippen LogP contribution < -0.4 is 0 Å². The molecule has 0 saturated carbocycles. The molecule has 1 unspecified atom stereocenters. The molecule has 2 aliphatic rings. The second-order valence-electron chi connectivity index (χ2n) is 4.85. The van der Waals surface area contributed by atoms with Crippen LogP contribution in [0.15, 0.2) is 36.0 Å². The lowest BCUT2D eigenvalue weighted by molar-refractivity contribution is 0.0801. The minimum absolute atomic E-state index is 0.0696. The summed E-state index contributed by atoms with van der Waals surface area (Å²) in [6.07, 6.45) is 12.8. The Labute approximate surface area is 98.0 Å². The molecule has 1 N–H and O–H groups in total. The maximum atomic E-state index is 9.46. The lowest BCUT2D eigenvalue weighted by Gasteiger charge is -2.31. The number of rotatable bonds is 2. The summed E-state index contributed by atoms with van der Waals surface area (Å²) in [6, 6.07) is 0. The molecule has 0 radical (unpaired) electrons. The fraction of sp³-hybridized carbons (Fsp3) is 0.571. The highest BCUT2D eigenvalue weighted by atomic mass is 16.3. The Morgan fingerprint density at radius 1 is 1.31 bits per heavy atom. The van der Waals surface area contributed by atoms with Crippen molar-refractivity contribution in [2.75, 3.05) is 19.6 Å². The molecule has 0 aromatic rings. The third-order valence-corrected chi connectivity index (χ3v) is 3.33. The van der Waals surface area contributed by atoms with Crippen LogP contribution in [0.2, 0.25) is 0 Å². The predicted octanol–water partition coefficient (Wildman–Crippen LogP) is 2.13. The Kier molecular flexibility index (Phi) is 3.97. The van der Waals surface area contributed by atoms with E-state index in [9.17, 15) is 5.11 Å². The average molecular weight is 219 g/mol. The summed E-state index contributed by atoms with van der Waals surface area (Å²) in [6.45, 7) is 5.30. The smallest absolute Gasteiger partial charge is 0.0564 e. The van der Waals surface area contributed by atoms with E-state index in [-0.39, 0.29) is 6.10 Å². The highest BCUT2D eigenvalue weighted by Gasteiger charge is 2.18. The van der Waals surface area contributed by atoms with E-state index in [4.69, 9.17) is 0 Å². The van der Waals surface area contributed by atoms with Gasteiger partial charge in [-0.3, -0.25) is 0 Å². The minimum atomic E-state index is -0.0696. The molecule has 0 bridgehead atoms. The second kappa shape index (κ2) is 5.46. The predicted molar refractivity (Wildman–Crippen MR) is 67.2 cm³/mol. The van der Waals surface area contributed by atoms with Gasteiger partial charge in [0.1, 0.15) is 0 Å². The number of aliphatic hydroxyl groups is 1. The Balaban J connectivity index is 1.87. The lowest BCUT2D eigenvalue weighted by atomic mass is 10.0. The molecule has 2 heteroatoms. The first kappa shape index (κ1) is 11.6. The first-order valence-corrected chi connectivity index (χ1v) is 6.18. The zero-order valence-corrected chi connectivity index (χ0v) is 9.97. The van der Waals surface area contributed by atoms with Gasteiger partial charge in [-0.2, -0.15) is 0 Å². The van der Waals surface area contributed by atoms with Gasteiger partial charge < -0.3 is 10.0 Å². The van der Waals surface area contributed by atoms with Gasteiger partial charge in [0.05, 0.1) is 6.10 Å². The molecular formula is C14H21NO. The lowest BCUT2D eigenvalue weighted by Crippen LogP contribution is -2.38. The fourth-order valence-electron chi connectivity index (χ4n) is 2.38. The quantitative estimate of drug-likeness (QED) is 0.769. The topological polar surface area (TPSA) is 23.5 Å². The van der Waals surface area contributed by atoms with E-state index >= 15 is 0 Å². The Morgan fingerprint density at radius 2 is 2.06 bits per heavy atom. The zero-order chi connectivity index (χ0) is 11.4. The summed E-state index contributed by atoms with van der Waals surface area (Å²) in [5, 5.41) is 9.46. The van der Waals surface area contributed by atoms with E-state index in [0.717, 1.165) is 32.5 Å². The number of likely N-dealkylation sites (tertiary alicyclic amines) is 1.